The number of ether oxygens (including phenoxy) is 2. The van der Waals surface area contributed by atoms with E-state index < -0.39 is 0 Å². The lowest BCUT2D eigenvalue weighted by molar-refractivity contribution is 0.152. The minimum atomic E-state index is 0.686. The Morgan fingerprint density at radius 1 is 1.30 bits per heavy atom. The number of nitrogens with one attached hydrogen (secondary N) is 1. The molecular formula is C15H25N3O2. The van der Waals surface area contributed by atoms with Crippen LogP contribution in [0.3, 0.4) is 0 Å². The highest BCUT2D eigenvalue weighted by molar-refractivity contribution is 5.79. The molecule has 1 rings (SSSR count). The van der Waals surface area contributed by atoms with Crippen molar-refractivity contribution in [2.24, 2.45) is 4.99 Å². The fourth-order valence-corrected chi connectivity index (χ4v) is 1.84. The summed E-state index contributed by atoms with van der Waals surface area (Å²) in [6.07, 6.45) is 0. The van der Waals surface area contributed by atoms with Crippen LogP contribution in [0.5, 0.6) is 5.75 Å². The third kappa shape index (κ3) is 5.48. The van der Waals surface area contributed by atoms with Gasteiger partial charge in [-0.25, -0.2) is 0 Å². The second-order valence-electron chi connectivity index (χ2n) is 4.38. The minimum absolute atomic E-state index is 0.686. The van der Waals surface area contributed by atoms with Gasteiger partial charge in [0.2, 0.25) is 0 Å². The predicted molar refractivity (Wildman–Crippen MR) is 82.3 cm³/mol. The molecule has 0 saturated carbocycles. The standard InChI is InChI=1S/C15H25N3O2/c1-5-20-11-10-17-15(16-2)18(3)12-13-6-8-14(19-4)9-7-13/h6-9H,5,10-12H2,1-4H3,(H,16,17). The van der Waals surface area contributed by atoms with Crippen LogP contribution in [0.2, 0.25) is 0 Å². The van der Waals surface area contributed by atoms with Crippen LogP contribution in [0.15, 0.2) is 29.3 Å². The van der Waals surface area contributed by atoms with Gasteiger partial charge in [-0.2, -0.15) is 0 Å². The van der Waals surface area contributed by atoms with E-state index in [1.54, 1.807) is 14.2 Å². The van der Waals surface area contributed by atoms with Gasteiger partial charge in [0.25, 0.3) is 0 Å². The summed E-state index contributed by atoms with van der Waals surface area (Å²) >= 11 is 0. The van der Waals surface area contributed by atoms with E-state index in [1.165, 1.54) is 5.56 Å². The molecule has 0 aromatic heterocycles. The Kier molecular flexibility index (Phi) is 7.50. The number of hydrogen-bond donors (Lipinski definition) is 1. The Balaban J connectivity index is 2.47. The summed E-state index contributed by atoms with van der Waals surface area (Å²) in [5, 5.41) is 3.27. The van der Waals surface area contributed by atoms with Crippen LogP contribution in [-0.4, -0.2) is 51.8 Å². The van der Waals surface area contributed by atoms with Crippen LogP contribution in [0.4, 0.5) is 0 Å². The van der Waals surface area contributed by atoms with E-state index in [2.05, 4.69) is 27.3 Å². The zero-order valence-corrected chi connectivity index (χ0v) is 12.8. The van der Waals surface area contributed by atoms with Crippen LogP contribution >= 0.6 is 0 Å². The predicted octanol–water partition coefficient (Wildman–Crippen LogP) is 1.74. The van der Waals surface area contributed by atoms with Crippen molar-refractivity contribution >= 4 is 5.96 Å². The number of benzene rings is 1. The first-order valence-corrected chi connectivity index (χ1v) is 6.83. The van der Waals surface area contributed by atoms with Crippen molar-refractivity contribution in [3.63, 3.8) is 0 Å². The molecule has 1 aromatic carbocycles. The highest BCUT2D eigenvalue weighted by Crippen LogP contribution is 2.12. The third-order valence-electron chi connectivity index (χ3n) is 2.89. The maximum atomic E-state index is 5.30. The first-order chi connectivity index (χ1) is 9.71. The molecule has 5 heteroatoms. The van der Waals surface area contributed by atoms with Gasteiger partial charge >= 0.3 is 0 Å². The maximum absolute atomic E-state index is 5.30. The van der Waals surface area contributed by atoms with Crippen molar-refractivity contribution in [1.29, 1.82) is 0 Å². The second kappa shape index (κ2) is 9.20. The third-order valence-corrected chi connectivity index (χ3v) is 2.89. The highest BCUT2D eigenvalue weighted by Gasteiger charge is 2.06. The second-order valence-corrected chi connectivity index (χ2v) is 4.38. The molecule has 20 heavy (non-hydrogen) atoms. The SMILES string of the molecule is CCOCCNC(=NC)N(C)Cc1ccc(OC)cc1. The van der Waals surface area contributed by atoms with Gasteiger partial charge in [0.1, 0.15) is 5.75 Å². The van der Waals surface area contributed by atoms with E-state index in [9.17, 15) is 0 Å². The van der Waals surface area contributed by atoms with Gasteiger partial charge in [-0.15, -0.1) is 0 Å². The summed E-state index contributed by atoms with van der Waals surface area (Å²) in [7, 11) is 5.47. The van der Waals surface area contributed by atoms with Gasteiger partial charge in [0.15, 0.2) is 5.96 Å². The van der Waals surface area contributed by atoms with Crippen molar-refractivity contribution in [3.8, 4) is 5.75 Å². The molecule has 0 saturated heterocycles. The zero-order valence-electron chi connectivity index (χ0n) is 12.8. The smallest absolute Gasteiger partial charge is 0.193 e. The van der Waals surface area contributed by atoms with Crippen LogP contribution in [0.1, 0.15) is 12.5 Å². The molecule has 1 aromatic rings. The van der Waals surface area contributed by atoms with Crippen LogP contribution in [0.25, 0.3) is 0 Å². The van der Waals surface area contributed by atoms with Crippen LogP contribution < -0.4 is 10.1 Å². The number of hydrogen-bond acceptors (Lipinski definition) is 3. The number of aliphatic imine (C=N–C) groups is 1. The molecule has 0 fully saturated rings. The van der Waals surface area contributed by atoms with Gasteiger partial charge < -0.3 is 19.7 Å². The summed E-state index contributed by atoms with van der Waals surface area (Å²) in [6, 6.07) is 8.05. The summed E-state index contributed by atoms with van der Waals surface area (Å²) in [5.74, 6) is 1.73. The molecule has 0 spiro atoms. The Morgan fingerprint density at radius 3 is 2.55 bits per heavy atom. The Morgan fingerprint density at radius 2 is 2.00 bits per heavy atom. The minimum Gasteiger partial charge on any atom is -0.497 e. The largest absolute Gasteiger partial charge is 0.497 e. The van der Waals surface area contributed by atoms with Crippen LogP contribution in [-0.2, 0) is 11.3 Å². The van der Waals surface area contributed by atoms with E-state index in [0.29, 0.717) is 6.61 Å². The first kappa shape index (κ1) is 16.3. The number of rotatable bonds is 7. The number of nitrogens with zero attached hydrogens (tertiary/aromatic N) is 2. The summed E-state index contributed by atoms with van der Waals surface area (Å²) < 4.78 is 10.5. The lowest BCUT2D eigenvalue weighted by atomic mass is 10.2. The van der Waals surface area contributed by atoms with Crippen molar-refractivity contribution < 1.29 is 9.47 Å². The molecule has 0 aliphatic heterocycles. The van der Waals surface area contributed by atoms with Gasteiger partial charge in [-0.05, 0) is 24.6 Å². The van der Waals surface area contributed by atoms with E-state index in [-0.39, 0.29) is 0 Å². The molecule has 0 unspecified atom stereocenters. The van der Waals surface area contributed by atoms with E-state index in [4.69, 9.17) is 9.47 Å². The Bertz CT molecular complexity index is 404. The molecule has 112 valence electrons. The average Bonchev–Trinajstić information content (AvgIpc) is 2.48. The van der Waals surface area contributed by atoms with Gasteiger partial charge in [-0.3, -0.25) is 4.99 Å². The molecule has 0 amide bonds. The van der Waals surface area contributed by atoms with Crippen molar-refractivity contribution in [2.45, 2.75) is 13.5 Å². The molecule has 0 heterocycles. The summed E-state index contributed by atoms with van der Waals surface area (Å²) in [6.45, 7) is 4.96. The van der Waals surface area contributed by atoms with Gasteiger partial charge in [0, 0.05) is 33.8 Å². The normalized spacial score (nSPS) is 11.3. The van der Waals surface area contributed by atoms with Crippen molar-refractivity contribution in [2.75, 3.05) is 41.0 Å². The zero-order chi connectivity index (χ0) is 14.8. The summed E-state index contributed by atoms with van der Waals surface area (Å²) in [5.41, 5.74) is 1.21. The Hall–Kier alpha value is -1.75. The topological polar surface area (TPSA) is 46.1 Å². The summed E-state index contributed by atoms with van der Waals surface area (Å²) in [4.78, 5) is 6.34. The fraction of sp³-hybridized carbons (Fsp3) is 0.533. The number of methoxy groups -OCH3 is 1. The number of guanidine groups is 1. The molecule has 0 radical (unpaired) electrons. The lowest BCUT2D eigenvalue weighted by Crippen LogP contribution is -2.39. The highest BCUT2D eigenvalue weighted by atomic mass is 16.5. The van der Waals surface area contributed by atoms with Crippen molar-refractivity contribution in [1.82, 2.24) is 10.2 Å². The fourth-order valence-electron chi connectivity index (χ4n) is 1.84. The molecule has 5 nitrogen and oxygen atoms in total. The molecular weight excluding hydrogens is 254 g/mol. The Labute approximate surface area is 121 Å². The monoisotopic (exact) mass is 279 g/mol. The molecule has 0 bridgehead atoms. The molecule has 0 aliphatic rings. The molecule has 1 N–H and O–H groups in total. The first-order valence-electron chi connectivity index (χ1n) is 6.83. The van der Waals surface area contributed by atoms with E-state index in [1.807, 2.05) is 26.1 Å². The molecule has 0 atom stereocenters. The van der Waals surface area contributed by atoms with Crippen molar-refractivity contribution in [3.05, 3.63) is 29.8 Å². The maximum Gasteiger partial charge on any atom is 0.193 e. The van der Waals surface area contributed by atoms with E-state index in [0.717, 1.165) is 31.4 Å². The van der Waals surface area contributed by atoms with Crippen LogP contribution in [0, 0.1) is 0 Å². The van der Waals surface area contributed by atoms with E-state index >= 15 is 0 Å². The van der Waals surface area contributed by atoms with Gasteiger partial charge in [0.05, 0.1) is 13.7 Å². The quantitative estimate of drug-likeness (QED) is 0.469. The molecule has 0 aliphatic carbocycles. The lowest BCUT2D eigenvalue weighted by Gasteiger charge is -2.22. The average molecular weight is 279 g/mol. The van der Waals surface area contributed by atoms with Gasteiger partial charge in [-0.1, -0.05) is 12.1 Å².